The van der Waals surface area contributed by atoms with Gasteiger partial charge in [-0.1, -0.05) is 6.07 Å². The molecule has 1 amide bonds. The van der Waals surface area contributed by atoms with E-state index in [1.54, 1.807) is 42.6 Å². The van der Waals surface area contributed by atoms with Gasteiger partial charge in [0, 0.05) is 36.5 Å². The Hall–Kier alpha value is -4.08. The Labute approximate surface area is 189 Å². The van der Waals surface area contributed by atoms with Crippen molar-refractivity contribution in [1.29, 1.82) is 0 Å². The molecule has 0 fully saturated rings. The summed E-state index contributed by atoms with van der Waals surface area (Å²) in [5.41, 5.74) is 1.65. The normalized spacial score (nSPS) is 16.2. The van der Waals surface area contributed by atoms with E-state index in [1.807, 2.05) is 10.6 Å². The molecule has 4 aromatic rings. The molecule has 0 radical (unpaired) electrons. The van der Waals surface area contributed by atoms with Crippen LogP contribution in [0, 0.1) is 5.82 Å². The molecule has 4 heterocycles. The lowest BCUT2D eigenvalue weighted by Crippen LogP contribution is -2.17. The number of anilines is 1. The Morgan fingerprint density at radius 3 is 2.94 bits per heavy atom. The second-order valence-electron chi connectivity index (χ2n) is 7.99. The monoisotopic (exact) mass is 447 g/mol. The van der Waals surface area contributed by atoms with E-state index >= 15 is 0 Å². The highest BCUT2D eigenvalue weighted by Crippen LogP contribution is 2.31. The smallest absolute Gasteiger partial charge is 0.260 e. The molecule has 10 heteroatoms. The summed E-state index contributed by atoms with van der Waals surface area (Å²) in [5, 5.41) is 15.2. The van der Waals surface area contributed by atoms with Crippen molar-refractivity contribution in [3.8, 4) is 28.4 Å². The summed E-state index contributed by atoms with van der Waals surface area (Å²) in [5.74, 6) is 0.210. The molecule has 3 aromatic heterocycles. The zero-order valence-electron chi connectivity index (χ0n) is 18.2. The van der Waals surface area contributed by atoms with Crippen molar-refractivity contribution in [2.75, 3.05) is 11.9 Å². The van der Waals surface area contributed by atoms with E-state index in [4.69, 9.17) is 4.74 Å². The lowest BCUT2D eigenvalue weighted by atomic mass is 10.0. The highest BCUT2D eigenvalue weighted by Gasteiger charge is 2.21. The van der Waals surface area contributed by atoms with Gasteiger partial charge >= 0.3 is 0 Å². The van der Waals surface area contributed by atoms with Gasteiger partial charge in [-0.05, 0) is 38.0 Å². The standard InChI is InChI=1S/C23H22FN7O2/c1-14-5-4-8-33-20-10-18(24)16(15-11-26-30(2)12-15)9-17(20)23(32)28-21-7-3-6-19(27-21)22-29-25-13-31(14)22/h3,6-7,9-14H,4-5,8H2,1-2H3,(H,27,28,32)/t14-/m0/s1. The molecular formula is C23H22FN7O2. The second-order valence-corrected chi connectivity index (χ2v) is 7.99. The van der Waals surface area contributed by atoms with Crippen LogP contribution in [0.1, 0.15) is 36.2 Å². The molecule has 168 valence electrons. The number of hydrogen-bond donors (Lipinski definition) is 1. The Morgan fingerprint density at radius 1 is 1.24 bits per heavy atom. The summed E-state index contributed by atoms with van der Waals surface area (Å²) < 4.78 is 24.4. The predicted molar refractivity (Wildman–Crippen MR) is 119 cm³/mol. The number of carbonyl (C=O) groups is 1. The van der Waals surface area contributed by atoms with Crippen LogP contribution in [0.4, 0.5) is 10.2 Å². The number of ether oxygens (including phenoxy) is 1. The summed E-state index contributed by atoms with van der Waals surface area (Å²) in [6.07, 6.45) is 6.39. The first kappa shape index (κ1) is 20.8. The van der Waals surface area contributed by atoms with E-state index in [-0.39, 0.29) is 22.9 Å². The Bertz CT molecular complexity index is 1330. The van der Waals surface area contributed by atoms with E-state index in [1.165, 1.54) is 12.1 Å². The van der Waals surface area contributed by atoms with Crippen LogP contribution in [-0.4, -0.2) is 42.0 Å². The van der Waals surface area contributed by atoms with Gasteiger partial charge in [-0.25, -0.2) is 9.37 Å². The summed E-state index contributed by atoms with van der Waals surface area (Å²) in [7, 11) is 1.75. The number of nitrogens with one attached hydrogen (secondary N) is 1. The second kappa shape index (κ2) is 8.45. The summed E-state index contributed by atoms with van der Waals surface area (Å²) >= 11 is 0. The molecule has 0 spiro atoms. The van der Waals surface area contributed by atoms with E-state index in [9.17, 15) is 9.18 Å². The first-order valence-electron chi connectivity index (χ1n) is 10.6. The van der Waals surface area contributed by atoms with Crippen molar-refractivity contribution in [2.45, 2.75) is 25.8 Å². The molecular weight excluding hydrogens is 425 g/mol. The molecule has 1 atom stereocenters. The van der Waals surface area contributed by atoms with Gasteiger partial charge in [-0.15, -0.1) is 10.2 Å². The van der Waals surface area contributed by atoms with Gasteiger partial charge in [0.2, 0.25) is 0 Å². The van der Waals surface area contributed by atoms with Gasteiger partial charge in [0.1, 0.15) is 29.4 Å². The number of nitrogens with zero attached hydrogens (tertiary/aromatic N) is 6. The SMILES string of the molecule is C[C@H]1CCCOc2cc(F)c(-c3cnn(C)c3)cc2C(=O)Nc2cccc(n2)-c2nncn21. The van der Waals surface area contributed by atoms with Gasteiger partial charge < -0.3 is 14.6 Å². The van der Waals surface area contributed by atoms with Gasteiger partial charge in [-0.3, -0.25) is 9.48 Å². The molecule has 0 unspecified atom stereocenters. The summed E-state index contributed by atoms with van der Waals surface area (Å²) in [4.78, 5) is 17.8. The number of rotatable bonds is 1. The Kier molecular flexibility index (Phi) is 5.33. The molecule has 0 aliphatic carbocycles. The molecule has 1 aliphatic rings. The van der Waals surface area contributed by atoms with E-state index in [0.717, 1.165) is 6.42 Å². The zero-order chi connectivity index (χ0) is 22.9. The number of hydrogen-bond acceptors (Lipinski definition) is 6. The number of amides is 1. The van der Waals surface area contributed by atoms with Crippen molar-refractivity contribution in [3.63, 3.8) is 0 Å². The van der Waals surface area contributed by atoms with Crippen LogP contribution in [0.2, 0.25) is 0 Å². The van der Waals surface area contributed by atoms with E-state index in [0.29, 0.717) is 35.9 Å². The Balaban J connectivity index is 1.58. The zero-order valence-corrected chi connectivity index (χ0v) is 18.2. The number of fused-ring (bicyclic) bond motifs is 5. The number of halogens is 1. The molecule has 1 N–H and O–H groups in total. The van der Waals surface area contributed by atoms with Gasteiger partial charge in [0.05, 0.1) is 18.4 Å². The molecule has 9 nitrogen and oxygen atoms in total. The van der Waals surface area contributed by atoms with Gasteiger partial charge in [0.25, 0.3) is 5.91 Å². The fourth-order valence-electron chi connectivity index (χ4n) is 3.89. The topological polar surface area (TPSA) is 99.8 Å². The first-order valence-corrected chi connectivity index (χ1v) is 10.6. The Morgan fingerprint density at radius 2 is 2.12 bits per heavy atom. The van der Waals surface area contributed by atoms with Gasteiger partial charge in [-0.2, -0.15) is 5.10 Å². The van der Waals surface area contributed by atoms with Crippen LogP contribution >= 0.6 is 0 Å². The maximum absolute atomic E-state index is 15.0. The van der Waals surface area contributed by atoms with Gasteiger partial charge in [0.15, 0.2) is 5.82 Å². The average Bonchev–Trinajstić information content (AvgIpc) is 3.45. The van der Waals surface area contributed by atoms with Crippen molar-refractivity contribution >= 4 is 11.7 Å². The molecule has 1 aliphatic heterocycles. The van der Waals surface area contributed by atoms with E-state index in [2.05, 4.69) is 32.5 Å². The van der Waals surface area contributed by atoms with Crippen molar-refractivity contribution in [1.82, 2.24) is 29.5 Å². The minimum absolute atomic E-state index is 0.103. The molecule has 0 saturated carbocycles. The minimum Gasteiger partial charge on any atom is -0.493 e. The number of benzene rings is 1. The third-order valence-corrected chi connectivity index (χ3v) is 5.62. The van der Waals surface area contributed by atoms with Crippen molar-refractivity contribution < 1.29 is 13.9 Å². The molecule has 2 bridgehead atoms. The van der Waals surface area contributed by atoms with Crippen molar-refractivity contribution in [2.24, 2.45) is 7.05 Å². The highest BCUT2D eigenvalue weighted by molar-refractivity contribution is 6.06. The van der Waals surface area contributed by atoms with Crippen LogP contribution in [0.3, 0.4) is 0 Å². The minimum atomic E-state index is -0.488. The van der Waals surface area contributed by atoms with Crippen LogP contribution in [0.25, 0.3) is 22.6 Å². The lowest BCUT2D eigenvalue weighted by molar-refractivity contribution is 0.102. The number of pyridine rings is 1. The number of aromatic nitrogens is 6. The highest BCUT2D eigenvalue weighted by atomic mass is 19.1. The maximum atomic E-state index is 15.0. The fourth-order valence-corrected chi connectivity index (χ4v) is 3.89. The summed E-state index contributed by atoms with van der Waals surface area (Å²) in [6.45, 7) is 2.40. The molecule has 5 rings (SSSR count). The maximum Gasteiger partial charge on any atom is 0.260 e. The molecule has 0 saturated heterocycles. The first-order chi connectivity index (χ1) is 16.0. The number of aryl methyl sites for hydroxylation is 1. The lowest BCUT2D eigenvalue weighted by Gasteiger charge is -2.18. The van der Waals surface area contributed by atoms with E-state index < -0.39 is 11.7 Å². The van der Waals surface area contributed by atoms with Crippen LogP contribution in [0.5, 0.6) is 5.75 Å². The van der Waals surface area contributed by atoms with Crippen LogP contribution < -0.4 is 10.1 Å². The van der Waals surface area contributed by atoms with Crippen LogP contribution in [-0.2, 0) is 7.05 Å². The predicted octanol–water partition coefficient (Wildman–Crippen LogP) is 3.87. The number of carbonyl (C=O) groups excluding carboxylic acids is 1. The third kappa shape index (κ3) is 4.07. The molecule has 33 heavy (non-hydrogen) atoms. The third-order valence-electron chi connectivity index (χ3n) is 5.62. The largest absolute Gasteiger partial charge is 0.493 e. The molecule has 1 aromatic carbocycles. The average molecular weight is 447 g/mol. The quantitative estimate of drug-likeness (QED) is 0.476. The van der Waals surface area contributed by atoms with Crippen LogP contribution in [0.15, 0.2) is 49.1 Å². The van der Waals surface area contributed by atoms with Crippen molar-refractivity contribution in [3.05, 3.63) is 60.4 Å². The summed E-state index contributed by atoms with van der Waals surface area (Å²) in [6, 6.07) is 8.15. The fraction of sp³-hybridized carbons (Fsp3) is 0.261.